The lowest BCUT2D eigenvalue weighted by molar-refractivity contribution is -0.139. The summed E-state index contributed by atoms with van der Waals surface area (Å²) in [6.45, 7) is 7.65. The van der Waals surface area contributed by atoms with Crippen molar-refractivity contribution in [1.82, 2.24) is 4.57 Å². The lowest BCUT2D eigenvalue weighted by Crippen LogP contribution is -2.40. The molecule has 0 saturated heterocycles. The first-order chi connectivity index (χ1) is 21.6. The summed E-state index contributed by atoms with van der Waals surface area (Å²) in [6.07, 6.45) is 1.61. The number of hydrogen-bond donors (Lipinski definition) is 0. The molecule has 3 aromatic carbocycles. The average molecular weight is 668 g/mol. The van der Waals surface area contributed by atoms with Gasteiger partial charge in [0.1, 0.15) is 18.4 Å². The normalized spacial score (nSPS) is 14.7. The number of halogens is 2. The summed E-state index contributed by atoms with van der Waals surface area (Å²) >= 11 is 13.7. The van der Waals surface area contributed by atoms with Gasteiger partial charge in [-0.1, -0.05) is 70.9 Å². The van der Waals surface area contributed by atoms with Crippen LogP contribution in [0.15, 0.2) is 81.7 Å². The molecule has 11 heteroatoms. The summed E-state index contributed by atoms with van der Waals surface area (Å²) in [5.74, 6) is 0.946. The van der Waals surface area contributed by atoms with Gasteiger partial charge in [0.15, 0.2) is 16.3 Å². The van der Waals surface area contributed by atoms with Crippen molar-refractivity contribution in [3.05, 3.63) is 118 Å². The Hall–Kier alpha value is -4.05. The predicted octanol–water partition coefficient (Wildman–Crippen LogP) is 6.48. The van der Waals surface area contributed by atoms with Crippen LogP contribution < -0.4 is 29.1 Å². The van der Waals surface area contributed by atoms with Crippen molar-refractivity contribution in [2.75, 3.05) is 13.7 Å². The van der Waals surface area contributed by atoms with Crippen molar-refractivity contribution >= 4 is 46.6 Å². The second-order valence-electron chi connectivity index (χ2n) is 10.4. The van der Waals surface area contributed by atoms with Crippen molar-refractivity contribution in [1.29, 1.82) is 0 Å². The SMILES string of the molecule is CCOC(=O)C1=C(C)N=c2s/c(=C\c3cccc(OC)c3OCc3ccc(Cl)cc3Cl)c(=O)n2[C@@H]1c1ccccc1OC(C)C. The quantitative estimate of drug-likeness (QED) is 0.180. The first-order valence-electron chi connectivity index (χ1n) is 14.3. The van der Waals surface area contributed by atoms with E-state index >= 15 is 0 Å². The zero-order valence-electron chi connectivity index (χ0n) is 25.4. The zero-order chi connectivity index (χ0) is 32.2. The maximum atomic E-state index is 14.3. The molecule has 0 spiro atoms. The molecule has 1 aliphatic rings. The fourth-order valence-electron chi connectivity index (χ4n) is 5.05. The van der Waals surface area contributed by atoms with Crippen molar-refractivity contribution in [2.24, 2.45) is 4.99 Å². The van der Waals surface area contributed by atoms with Gasteiger partial charge in [-0.3, -0.25) is 9.36 Å². The third-order valence-corrected chi connectivity index (χ3v) is 8.57. The summed E-state index contributed by atoms with van der Waals surface area (Å²) in [5, 5.41) is 0.997. The summed E-state index contributed by atoms with van der Waals surface area (Å²) in [4.78, 5) is 32.7. The largest absolute Gasteiger partial charge is 0.493 e. The Balaban J connectivity index is 1.66. The van der Waals surface area contributed by atoms with E-state index in [4.69, 9.17) is 42.1 Å². The van der Waals surface area contributed by atoms with E-state index in [-0.39, 0.29) is 30.5 Å². The topological polar surface area (TPSA) is 88.4 Å². The molecule has 8 nitrogen and oxygen atoms in total. The summed E-state index contributed by atoms with van der Waals surface area (Å²) < 4.78 is 25.3. The van der Waals surface area contributed by atoms with E-state index in [2.05, 4.69) is 4.99 Å². The Labute approximate surface area is 274 Å². The molecule has 0 unspecified atom stereocenters. The van der Waals surface area contributed by atoms with Gasteiger partial charge in [0.05, 0.1) is 35.6 Å². The van der Waals surface area contributed by atoms with E-state index < -0.39 is 12.0 Å². The number of nitrogens with zero attached hydrogens (tertiary/aromatic N) is 2. The number of carbonyl (C=O) groups excluding carboxylic acids is 1. The maximum Gasteiger partial charge on any atom is 0.338 e. The number of aromatic nitrogens is 1. The Morgan fingerprint density at radius 1 is 1.09 bits per heavy atom. The molecule has 234 valence electrons. The molecule has 4 aromatic rings. The highest BCUT2D eigenvalue weighted by Gasteiger charge is 2.35. The molecule has 2 heterocycles. The summed E-state index contributed by atoms with van der Waals surface area (Å²) in [6, 6.07) is 17.2. The van der Waals surface area contributed by atoms with Crippen molar-refractivity contribution < 1.29 is 23.7 Å². The second-order valence-corrected chi connectivity index (χ2v) is 12.3. The minimum absolute atomic E-state index is 0.132. The third kappa shape index (κ3) is 6.81. The van der Waals surface area contributed by atoms with Gasteiger partial charge in [-0.15, -0.1) is 0 Å². The molecule has 1 aliphatic heterocycles. The zero-order valence-corrected chi connectivity index (χ0v) is 27.8. The smallest absolute Gasteiger partial charge is 0.338 e. The fourth-order valence-corrected chi connectivity index (χ4v) is 6.55. The van der Waals surface area contributed by atoms with Gasteiger partial charge in [0.25, 0.3) is 5.56 Å². The van der Waals surface area contributed by atoms with Gasteiger partial charge in [0, 0.05) is 26.7 Å². The van der Waals surface area contributed by atoms with Crippen molar-refractivity contribution in [2.45, 2.75) is 46.4 Å². The lowest BCUT2D eigenvalue weighted by Gasteiger charge is -2.26. The standard InChI is InChI=1S/C34H32Cl2N2O6S/c1-6-42-33(40)29-20(4)37-34-38(30(29)24-11-7-8-12-26(24)44-19(2)3)32(39)28(45-34)16-21-10-9-13-27(41-5)31(21)43-18-22-14-15-23(35)17-25(22)36/h7-17,19,30H,6,18H2,1-5H3/b28-16-/t30-/m1/s1. The Morgan fingerprint density at radius 2 is 1.84 bits per heavy atom. The second kappa shape index (κ2) is 13.9. The molecule has 0 amide bonds. The first kappa shape index (κ1) is 32.3. The number of esters is 1. The molecule has 45 heavy (non-hydrogen) atoms. The molecule has 0 saturated carbocycles. The fraction of sp³-hybridized carbons (Fsp3) is 0.265. The van der Waals surface area contributed by atoms with Crippen LogP contribution in [0.1, 0.15) is 50.4 Å². The number of para-hydroxylation sites is 2. The highest BCUT2D eigenvalue weighted by atomic mass is 35.5. The average Bonchev–Trinajstić information content (AvgIpc) is 3.30. The van der Waals surface area contributed by atoms with E-state index in [1.165, 1.54) is 15.9 Å². The van der Waals surface area contributed by atoms with E-state index in [9.17, 15) is 9.59 Å². The van der Waals surface area contributed by atoms with Gasteiger partial charge < -0.3 is 18.9 Å². The highest BCUT2D eigenvalue weighted by Crippen LogP contribution is 2.37. The van der Waals surface area contributed by atoms with Crippen LogP contribution >= 0.6 is 34.5 Å². The molecule has 0 radical (unpaired) electrons. The van der Waals surface area contributed by atoms with Crippen LogP contribution in [0.2, 0.25) is 10.0 Å². The van der Waals surface area contributed by atoms with Crippen LogP contribution in [0.25, 0.3) is 6.08 Å². The summed E-state index contributed by atoms with van der Waals surface area (Å²) in [7, 11) is 1.55. The number of hydrogen-bond acceptors (Lipinski definition) is 8. The number of benzene rings is 3. The lowest BCUT2D eigenvalue weighted by atomic mass is 9.95. The van der Waals surface area contributed by atoms with Crippen LogP contribution in [0, 0.1) is 0 Å². The molecule has 0 fully saturated rings. The van der Waals surface area contributed by atoms with E-state index in [1.54, 1.807) is 51.3 Å². The van der Waals surface area contributed by atoms with Crippen LogP contribution in [0.3, 0.4) is 0 Å². The molecule has 0 aliphatic carbocycles. The number of methoxy groups -OCH3 is 1. The van der Waals surface area contributed by atoms with Gasteiger partial charge >= 0.3 is 5.97 Å². The monoisotopic (exact) mass is 666 g/mol. The Kier molecular flexibility index (Phi) is 10.0. The molecular weight excluding hydrogens is 635 g/mol. The predicted molar refractivity (Wildman–Crippen MR) is 176 cm³/mol. The Morgan fingerprint density at radius 3 is 2.56 bits per heavy atom. The number of rotatable bonds is 10. The highest BCUT2D eigenvalue weighted by molar-refractivity contribution is 7.07. The third-order valence-electron chi connectivity index (χ3n) is 7.00. The van der Waals surface area contributed by atoms with Crippen LogP contribution in [0.5, 0.6) is 17.2 Å². The molecule has 0 bridgehead atoms. The number of ether oxygens (including phenoxy) is 4. The van der Waals surface area contributed by atoms with Gasteiger partial charge in [-0.05, 0) is 58.0 Å². The number of allylic oxidation sites excluding steroid dienone is 1. The molecule has 5 rings (SSSR count). The van der Waals surface area contributed by atoms with Gasteiger partial charge in [0.2, 0.25) is 0 Å². The molecule has 1 aromatic heterocycles. The van der Waals surface area contributed by atoms with Crippen LogP contribution in [-0.4, -0.2) is 30.4 Å². The minimum Gasteiger partial charge on any atom is -0.493 e. The van der Waals surface area contributed by atoms with Crippen LogP contribution in [-0.2, 0) is 16.1 Å². The molecule has 1 atom stereocenters. The van der Waals surface area contributed by atoms with E-state index in [0.29, 0.717) is 53.5 Å². The summed E-state index contributed by atoms with van der Waals surface area (Å²) in [5.41, 5.74) is 2.43. The van der Waals surface area contributed by atoms with Crippen LogP contribution in [0.4, 0.5) is 0 Å². The molecule has 0 N–H and O–H groups in total. The van der Waals surface area contributed by atoms with Gasteiger partial charge in [-0.25, -0.2) is 9.79 Å². The van der Waals surface area contributed by atoms with E-state index in [0.717, 1.165) is 5.56 Å². The number of fused-ring (bicyclic) bond motifs is 1. The number of carbonyl (C=O) groups is 1. The Bertz CT molecular complexity index is 1960. The van der Waals surface area contributed by atoms with E-state index in [1.807, 2.05) is 50.2 Å². The van der Waals surface area contributed by atoms with Gasteiger partial charge in [-0.2, -0.15) is 0 Å². The minimum atomic E-state index is -0.814. The molecular formula is C34H32Cl2N2O6S. The number of thiazole rings is 1. The van der Waals surface area contributed by atoms with Crippen molar-refractivity contribution in [3.63, 3.8) is 0 Å². The first-order valence-corrected chi connectivity index (χ1v) is 15.9. The van der Waals surface area contributed by atoms with Crippen molar-refractivity contribution in [3.8, 4) is 17.2 Å². The maximum absolute atomic E-state index is 14.3.